The molecular weight excluding hydrogens is 384 g/mol. The predicted molar refractivity (Wildman–Crippen MR) is 121 cm³/mol. The molecule has 2 aromatic carbocycles. The molecule has 5 nitrogen and oxygen atoms in total. The smallest absolute Gasteiger partial charge is 0.250 e. The van der Waals surface area contributed by atoms with E-state index < -0.39 is 0 Å². The van der Waals surface area contributed by atoms with E-state index in [4.69, 9.17) is 21.7 Å². The number of rotatable bonds is 9. The lowest BCUT2D eigenvalue weighted by Gasteiger charge is -2.14. The zero-order valence-electron chi connectivity index (χ0n) is 17.1. The largest absolute Gasteiger partial charge is 0.493 e. The van der Waals surface area contributed by atoms with Crippen LogP contribution in [0.4, 0.5) is 0 Å². The first-order valence-corrected chi connectivity index (χ1v) is 10.0. The van der Waals surface area contributed by atoms with Gasteiger partial charge in [0.05, 0.1) is 13.7 Å². The van der Waals surface area contributed by atoms with Crippen molar-refractivity contribution in [1.29, 1.82) is 0 Å². The predicted octanol–water partition coefficient (Wildman–Crippen LogP) is 4.32. The van der Waals surface area contributed by atoms with Gasteiger partial charge in [0, 0.05) is 12.6 Å². The number of methoxy groups -OCH3 is 1. The molecule has 0 aromatic heterocycles. The summed E-state index contributed by atoms with van der Waals surface area (Å²) in [4.78, 5) is 12.0. The fraction of sp³-hybridized carbons (Fsp3) is 0.304. The first kappa shape index (κ1) is 22.4. The molecule has 2 rings (SSSR count). The van der Waals surface area contributed by atoms with Crippen LogP contribution in [0.5, 0.6) is 11.5 Å². The van der Waals surface area contributed by atoms with Crippen LogP contribution in [0.1, 0.15) is 31.4 Å². The third-order valence-corrected chi connectivity index (χ3v) is 4.34. The van der Waals surface area contributed by atoms with Gasteiger partial charge in [0.1, 0.15) is 0 Å². The van der Waals surface area contributed by atoms with E-state index in [0.29, 0.717) is 24.8 Å². The Morgan fingerprint density at radius 1 is 1.14 bits per heavy atom. The maximum atomic E-state index is 12.0. The molecule has 0 bridgehead atoms. The standard InChI is InChI=1S/C23H28N2O3S/c1-17(2)13-14-28-20-11-9-19(15-21(20)27-3)16-24-23(29)25-22(26)12-10-18-7-5-4-6-8-18/h4-12,15,17H,13-14,16H2,1-3H3,(H2,24,25,26,29)/b12-10+. The number of carbonyl (C=O) groups excluding carboxylic acids is 1. The molecule has 0 saturated heterocycles. The van der Waals surface area contributed by atoms with Crippen molar-refractivity contribution in [2.45, 2.75) is 26.8 Å². The monoisotopic (exact) mass is 412 g/mol. The molecule has 2 aromatic rings. The van der Waals surface area contributed by atoms with E-state index in [9.17, 15) is 4.79 Å². The van der Waals surface area contributed by atoms with Crippen LogP contribution < -0.4 is 20.1 Å². The third-order valence-electron chi connectivity index (χ3n) is 4.10. The number of nitrogens with one attached hydrogen (secondary N) is 2. The molecular formula is C23H28N2O3S. The maximum absolute atomic E-state index is 12.0. The van der Waals surface area contributed by atoms with E-state index in [-0.39, 0.29) is 11.0 Å². The molecule has 0 aliphatic carbocycles. The van der Waals surface area contributed by atoms with E-state index in [1.54, 1.807) is 13.2 Å². The van der Waals surface area contributed by atoms with Crippen molar-refractivity contribution in [3.63, 3.8) is 0 Å². The Balaban J connectivity index is 1.82. The van der Waals surface area contributed by atoms with Gasteiger partial charge in [-0.15, -0.1) is 0 Å². The molecule has 154 valence electrons. The average molecular weight is 413 g/mol. The first-order chi connectivity index (χ1) is 14.0. The molecule has 0 fully saturated rings. The molecule has 0 heterocycles. The Morgan fingerprint density at radius 3 is 2.59 bits per heavy atom. The molecule has 0 spiro atoms. The van der Waals surface area contributed by atoms with Crippen molar-refractivity contribution in [3.8, 4) is 11.5 Å². The molecule has 2 N–H and O–H groups in total. The second-order valence-corrected chi connectivity index (χ2v) is 7.34. The number of benzene rings is 2. The summed E-state index contributed by atoms with van der Waals surface area (Å²) in [5.41, 5.74) is 1.92. The van der Waals surface area contributed by atoms with Gasteiger partial charge in [-0.05, 0) is 53.9 Å². The van der Waals surface area contributed by atoms with Gasteiger partial charge in [-0.3, -0.25) is 10.1 Å². The molecule has 0 saturated carbocycles. The van der Waals surface area contributed by atoms with E-state index in [0.717, 1.165) is 23.3 Å². The van der Waals surface area contributed by atoms with Gasteiger partial charge in [0.2, 0.25) is 5.91 Å². The summed E-state index contributed by atoms with van der Waals surface area (Å²) in [7, 11) is 1.62. The highest BCUT2D eigenvalue weighted by Gasteiger charge is 2.07. The van der Waals surface area contributed by atoms with Gasteiger partial charge in [-0.2, -0.15) is 0 Å². The summed E-state index contributed by atoms with van der Waals surface area (Å²) in [6.07, 6.45) is 4.18. The average Bonchev–Trinajstić information content (AvgIpc) is 2.72. The number of carbonyl (C=O) groups is 1. The summed E-state index contributed by atoms with van der Waals surface area (Å²) in [5, 5.41) is 5.93. The molecule has 0 atom stereocenters. The van der Waals surface area contributed by atoms with Crippen molar-refractivity contribution < 1.29 is 14.3 Å². The minimum absolute atomic E-state index is 0.268. The third kappa shape index (κ3) is 8.35. The van der Waals surface area contributed by atoms with E-state index in [1.807, 2.05) is 48.5 Å². The lowest BCUT2D eigenvalue weighted by molar-refractivity contribution is -0.115. The second-order valence-electron chi connectivity index (χ2n) is 6.93. The Bertz CT molecular complexity index is 835. The molecule has 0 radical (unpaired) electrons. The number of hydrogen-bond acceptors (Lipinski definition) is 4. The SMILES string of the molecule is COc1cc(CNC(=S)NC(=O)/C=C/c2ccccc2)ccc1OCCC(C)C. The fourth-order valence-corrected chi connectivity index (χ4v) is 2.63. The normalized spacial score (nSPS) is 10.8. The second kappa shape index (κ2) is 11.9. The summed E-state index contributed by atoms with van der Waals surface area (Å²) in [5.74, 6) is 1.70. The molecule has 29 heavy (non-hydrogen) atoms. The Kier molecular flexibility index (Phi) is 9.18. The highest BCUT2D eigenvalue weighted by molar-refractivity contribution is 7.80. The van der Waals surface area contributed by atoms with Crippen LogP contribution in [-0.4, -0.2) is 24.7 Å². The number of thiocarbonyl (C=S) groups is 1. The van der Waals surface area contributed by atoms with E-state index in [1.165, 1.54) is 6.08 Å². The van der Waals surface area contributed by atoms with Gasteiger partial charge in [-0.25, -0.2) is 0 Å². The van der Waals surface area contributed by atoms with E-state index in [2.05, 4.69) is 24.5 Å². The van der Waals surface area contributed by atoms with Gasteiger partial charge >= 0.3 is 0 Å². The van der Waals surface area contributed by atoms with Crippen molar-refractivity contribution >= 4 is 29.3 Å². The number of hydrogen-bond donors (Lipinski definition) is 2. The Labute approximate surface area is 178 Å². The minimum Gasteiger partial charge on any atom is -0.493 e. The summed E-state index contributed by atoms with van der Waals surface area (Å²) in [6.45, 7) is 5.44. The van der Waals surface area contributed by atoms with Crippen molar-refractivity contribution in [3.05, 3.63) is 65.7 Å². The van der Waals surface area contributed by atoms with Crippen molar-refractivity contribution in [2.75, 3.05) is 13.7 Å². The van der Waals surface area contributed by atoms with Gasteiger partial charge in [0.15, 0.2) is 16.6 Å². The van der Waals surface area contributed by atoms with Gasteiger partial charge in [0.25, 0.3) is 0 Å². The lowest BCUT2D eigenvalue weighted by Crippen LogP contribution is -2.37. The molecule has 0 aliphatic rings. The van der Waals surface area contributed by atoms with Crippen LogP contribution in [0.3, 0.4) is 0 Å². The Hall–Kier alpha value is -2.86. The van der Waals surface area contributed by atoms with Crippen LogP contribution in [0.2, 0.25) is 0 Å². The van der Waals surface area contributed by atoms with Crippen LogP contribution in [-0.2, 0) is 11.3 Å². The van der Waals surface area contributed by atoms with Crippen molar-refractivity contribution in [1.82, 2.24) is 10.6 Å². The zero-order valence-corrected chi connectivity index (χ0v) is 17.9. The van der Waals surface area contributed by atoms with E-state index >= 15 is 0 Å². The summed E-state index contributed by atoms with van der Waals surface area (Å²) >= 11 is 5.20. The zero-order chi connectivity index (χ0) is 21.1. The molecule has 0 unspecified atom stereocenters. The minimum atomic E-state index is -0.280. The van der Waals surface area contributed by atoms with Crippen molar-refractivity contribution in [2.24, 2.45) is 5.92 Å². The first-order valence-electron chi connectivity index (χ1n) is 9.59. The summed E-state index contributed by atoms with van der Waals surface area (Å²) in [6, 6.07) is 15.3. The van der Waals surface area contributed by atoms with Crippen LogP contribution >= 0.6 is 12.2 Å². The topological polar surface area (TPSA) is 59.6 Å². The highest BCUT2D eigenvalue weighted by Crippen LogP contribution is 2.28. The van der Waals surface area contributed by atoms with Crippen LogP contribution in [0, 0.1) is 5.92 Å². The molecule has 0 aliphatic heterocycles. The molecule has 6 heteroatoms. The van der Waals surface area contributed by atoms with Crippen LogP contribution in [0.25, 0.3) is 6.08 Å². The summed E-state index contributed by atoms with van der Waals surface area (Å²) < 4.78 is 11.2. The molecule has 1 amide bonds. The fourth-order valence-electron chi connectivity index (χ4n) is 2.46. The number of ether oxygens (including phenoxy) is 2. The van der Waals surface area contributed by atoms with Gasteiger partial charge < -0.3 is 14.8 Å². The quantitative estimate of drug-likeness (QED) is 0.474. The van der Waals surface area contributed by atoms with Gasteiger partial charge in [-0.1, -0.05) is 50.2 Å². The number of amides is 1. The van der Waals surface area contributed by atoms with Crippen LogP contribution in [0.15, 0.2) is 54.6 Å². The lowest BCUT2D eigenvalue weighted by atomic mass is 10.1. The maximum Gasteiger partial charge on any atom is 0.250 e. The Morgan fingerprint density at radius 2 is 1.90 bits per heavy atom. The highest BCUT2D eigenvalue weighted by atomic mass is 32.1.